The molecule has 5 heteroatoms. The molecule has 0 spiro atoms. The molecule has 0 fully saturated rings. The first kappa shape index (κ1) is 12.1. The Morgan fingerprint density at radius 2 is 2.05 bits per heavy atom. The van der Waals surface area contributed by atoms with Crippen molar-refractivity contribution in [2.75, 3.05) is 11.4 Å². The second kappa shape index (κ2) is 5.01. The zero-order valence-electron chi connectivity index (χ0n) is 11.4. The van der Waals surface area contributed by atoms with Crippen molar-refractivity contribution in [1.29, 1.82) is 0 Å². The molecule has 21 heavy (non-hydrogen) atoms. The zero-order chi connectivity index (χ0) is 14.1. The SMILES string of the molecule is c1coc(-c2ccnc(N3CCc4ncccc4C3)n2)c1. The van der Waals surface area contributed by atoms with Gasteiger partial charge in [0.2, 0.25) is 5.95 Å². The highest BCUT2D eigenvalue weighted by Gasteiger charge is 2.19. The minimum Gasteiger partial charge on any atom is -0.463 e. The van der Waals surface area contributed by atoms with Crippen molar-refractivity contribution < 1.29 is 4.42 Å². The third-order valence-electron chi connectivity index (χ3n) is 3.66. The molecule has 3 aromatic heterocycles. The lowest BCUT2D eigenvalue weighted by molar-refractivity contribution is 0.579. The summed E-state index contributed by atoms with van der Waals surface area (Å²) in [4.78, 5) is 15.6. The van der Waals surface area contributed by atoms with Gasteiger partial charge in [-0.05, 0) is 29.8 Å². The third kappa shape index (κ3) is 2.27. The van der Waals surface area contributed by atoms with Crippen molar-refractivity contribution in [2.45, 2.75) is 13.0 Å². The van der Waals surface area contributed by atoms with Crippen molar-refractivity contribution in [2.24, 2.45) is 0 Å². The van der Waals surface area contributed by atoms with E-state index >= 15 is 0 Å². The van der Waals surface area contributed by atoms with Crippen molar-refractivity contribution in [1.82, 2.24) is 15.0 Å². The van der Waals surface area contributed by atoms with Gasteiger partial charge in [0.25, 0.3) is 0 Å². The van der Waals surface area contributed by atoms with E-state index in [0.717, 1.165) is 36.9 Å². The quantitative estimate of drug-likeness (QED) is 0.721. The van der Waals surface area contributed by atoms with Crippen molar-refractivity contribution in [3.8, 4) is 11.5 Å². The topological polar surface area (TPSA) is 55.1 Å². The lowest BCUT2D eigenvalue weighted by Gasteiger charge is -2.28. The Labute approximate surface area is 122 Å². The molecule has 0 aromatic carbocycles. The van der Waals surface area contributed by atoms with Crippen LogP contribution in [0.25, 0.3) is 11.5 Å². The van der Waals surface area contributed by atoms with Gasteiger partial charge in [-0.15, -0.1) is 0 Å². The molecular weight excluding hydrogens is 264 g/mol. The summed E-state index contributed by atoms with van der Waals surface area (Å²) in [6, 6.07) is 9.72. The third-order valence-corrected chi connectivity index (χ3v) is 3.66. The van der Waals surface area contributed by atoms with Crippen LogP contribution in [0.1, 0.15) is 11.3 Å². The van der Waals surface area contributed by atoms with Gasteiger partial charge in [-0.25, -0.2) is 9.97 Å². The fourth-order valence-corrected chi connectivity index (χ4v) is 2.60. The van der Waals surface area contributed by atoms with Gasteiger partial charge in [0.15, 0.2) is 5.76 Å². The Bertz CT molecular complexity index is 754. The Kier molecular flexibility index (Phi) is 2.88. The molecule has 0 N–H and O–H groups in total. The number of nitrogens with zero attached hydrogens (tertiary/aromatic N) is 4. The lowest BCUT2D eigenvalue weighted by Crippen LogP contribution is -2.32. The van der Waals surface area contributed by atoms with E-state index in [2.05, 4.69) is 25.9 Å². The predicted octanol–water partition coefficient (Wildman–Crippen LogP) is 2.69. The molecule has 4 rings (SSSR count). The normalized spacial score (nSPS) is 14.0. The summed E-state index contributed by atoms with van der Waals surface area (Å²) >= 11 is 0. The number of hydrogen-bond acceptors (Lipinski definition) is 5. The molecular formula is C16H14N4O. The number of pyridine rings is 1. The van der Waals surface area contributed by atoms with Gasteiger partial charge in [0.1, 0.15) is 5.69 Å². The molecule has 1 aliphatic heterocycles. The maximum atomic E-state index is 5.40. The molecule has 5 nitrogen and oxygen atoms in total. The van der Waals surface area contributed by atoms with Crippen LogP contribution in [-0.4, -0.2) is 21.5 Å². The molecule has 104 valence electrons. The summed E-state index contributed by atoms with van der Waals surface area (Å²) in [7, 11) is 0. The van der Waals surface area contributed by atoms with Crippen LogP contribution < -0.4 is 4.90 Å². The molecule has 0 aliphatic carbocycles. The highest BCUT2D eigenvalue weighted by molar-refractivity contribution is 5.53. The standard InChI is InChI=1S/C16H14N4O/c1-3-12-11-20(9-6-13(12)17-7-1)16-18-8-5-14(19-16)15-4-2-10-21-15/h1-5,7-8,10H,6,9,11H2. The first-order valence-electron chi connectivity index (χ1n) is 6.95. The highest BCUT2D eigenvalue weighted by Crippen LogP contribution is 2.23. The van der Waals surface area contributed by atoms with Gasteiger partial charge in [-0.1, -0.05) is 6.07 Å². The predicted molar refractivity (Wildman–Crippen MR) is 78.7 cm³/mol. The monoisotopic (exact) mass is 278 g/mol. The molecule has 3 aromatic rings. The molecule has 0 saturated heterocycles. The summed E-state index contributed by atoms with van der Waals surface area (Å²) in [6.07, 6.45) is 6.20. The van der Waals surface area contributed by atoms with E-state index in [4.69, 9.17) is 4.42 Å². The van der Waals surface area contributed by atoms with Crippen molar-refractivity contribution >= 4 is 5.95 Å². The average Bonchev–Trinajstić information content (AvgIpc) is 3.09. The van der Waals surface area contributed by atoms with E-state index in [1.54, 1.807) is 12.5 Å². The minimum absolute atomic E-state index is 0.735. The zero-order valence-corrected chi connectivity index (χ0v) is 11.4. The maximum Gasteiger partial charge on any atom is 0.226 e. The Morgan fingerprint density at radius 1 is 1.05 bits per heavy atom. The van der Waals surface area contributed by atoms with Crippen LogP contribution in [0.4, 0.5) is 5.95 Å². The van der Waals surface area contributed by atoms with Crippen LogP contribution in [0.5, 0.6) is 0 Å². The van der Waals surface area contributed by atoms with E-state index in [0.29, 0.717) is 0 Å². The van der Waals surface area contributed by atoms with E-state index in [-0.39, 0.29) is 0 Å². The van der Waals surface area contributed by atoms with Gasteiger partial charge in [-0.3, -0.25) is 4.98 Å². The molecule has 0 radical (unpaired) electrons. The first-order valence-corrected chi connectivity index (χ1v) is 6.95. The summed E-state index contributed by atoms with van der Waals surface area (Å²) in [5.74, 6) is 1.50. The van der Waals surface area contributed by atoms with Crippen LogP contribution in [0.15, 0.2) is 53.4 Å². The average molecular weight is 278 g/mol. The Balaban J connectivity index is 1.65. The number of furan rings is 1. The first-order chi connectivity index (χ1) is 10.4. The molecule has 0 unspecified atom stereocenters. The van der Waals surface area contributed by atoms with Crippen molar-refractivity contribution in [3.63, 3.8) is 0 Å². The maximum absolute atomic E-state index is 5.40. The number of fused-ring (bicyclic) bond motifs is 1. The fraction of sp³-hybridized carbons (Fsp3) is 0.188. The van der Waals surface area contributed by atoms with Gasteiger partial charge in [0, 0.05) is 37.6 Å². The van der Waals surface area contributed by atoms with Gasteiger partial charge < -0.3 is 9.32 Å². The smallest absolute Gasteiger partial charge is 0.226 e. The minimum atomic E-state index is 0.735. The van der Waals surface area contributed by atoms with Crippen LogP contribution in [0.3, 0.4) is 0 Å². The van der Waals surface area contributed by atoms with E-state index in [1.807, 2.05) is 30.5 Å². The second-order valence-electron chi connectivity index (χ2n) is 5.00. The van der Waals surface area contributed by atoms with Gasteiger partial charge in [0.05, 0.1) is 6.26 Å². The molecule has 0 atom stereocenters. The number of rotatable bonds is 2. The van der Waals surface area contributed by atoms with E-state index in [9.17, 15) is 0 Å². The number of hydrogen-bond donors (Lipinski definition) is 0. The lowest BCUT2D eigenvalue weighted by atomic mass is 10.1. The van der Waals surface area contributed by atoms with Crippen LogP contribution in [-0.2, 0) is 13.0 Å². The van der Waals surface area contributed by atoms with E-state index < -0.39 is 0 Å². The van der Waals surface area contributed by atoms with Gasteiger partial charge in [-0.2, -0.15) is 0 Å². The summed E-state index contributed by atoms with van der Waals surface area (Å²) in [5, 5.41) is 0. The Hall–Kier alpha value is -2.69. The molecule has 0 amide bonds. The van der Waals surface area contributed by atoms with Crippen molar-refractivity contribution in [3.05, 3.63) is 60.2 Å². The second-order valence-corrected chi connectivity index (χ2v) is 5.00. The van der Waals surface area contributed by atoms with Crippen LogP contribution >= 0.6 is 0 Å². The largest absolute Gasteiger partial charge is 0.463 e. The molecule has 0 saturated carbocycles. The molecule has 1 aliphatic rings. The summed E-state index contributed by atoms with van der Waals surface area (Å²) < 4.78 is 5.40. The number of anilines is 1. The van der Waals surface area contributed by atoms with Gasteiger partial charge >= 0.3 is 0 Å². The summed E-state index contributed by atoms with van der Waals surface area (Å²) in [6.45, 7) is 1.68. The van der Waals surface area contributed by atoms with Crippen LogP contribution in [0.2, 0.25) is 0 Å². The highest BCUT2D eigenvalue weighted by atomic mass is 16.3. The summed E-state index contributed by atoms with van der Waals surface area (Å²) in [5.41, 5.74) is 3.23. The van der Waals surface area contributed by atoms with Crippen LogP contribution in [0, 0.1) is 0 Å². The Morgan fingerprint density at radius 3 is 2.95 bits per heavy atom. The molecule has 0 bridgehead atoms. The molecule has 4 heterocycles. The number of aromatic nitrogens is 3. The fourth-order valence-electron chi connectivity index (χ4n) is 2.60. The van der Waals surface area contributed by atoms with E-state index in [1.165, 1.54) is 11.3 Å².